The lowest BCUT2D eigenvalue weighted by Crippen LogP contribution is -2.32. The van der Waals surface area contributed by atoms with Crippen molar-refractivity contribution in [3.05, 3.63) is 235 Å². The van der Waals surface area contributed by atoms with E-state index >= 15 is 0 Å². The molecule has 8 aromatic carbocycles. The third-order valence-electron chi connectivity index (χ3n) is 10.1. The molecule has 320 valence electrons. The van der Waals surface area contributed by atoms with Crippen LogP contribution in [0.2, 0.25) is 5.28 Å². The molecule has 0 saturated carbocycles. The van der Waals surface area contributed by atoms with Crippen molar-refractivity contribution in [1.82, 2.24) is 29.9 Å². The largest absolute Gasteiger partial charge is 0.491 e. The minimum atomic E-state index is -1.72. The first-order chi connectivity index (χ1) is 32.3. The number of hydrogen-bond donors (Lipinski definition) is 2. The standard InChI is InChI=1S/C27H18FN3.C21H14ClN3.C6H6BFO2/c28-24-14-8-7-13-23(24)27-30-25(21-11-5-2-6-12-21)29-26(31-27)22-17-15-20(16-18-22)19-9-3-1-4-10-19;22-21-24-19(17-9-5-2-6-10-17)23-20(25-21)18-13-11-16(12-14-18)15-7-3-1-4-8-15;8-6-4-2-1-3-5(6)7(9)10/h1-18H;1-14H;1-4,9-10H. The van der Waals surface area contributed by atoms with Crippen LogP contribution in [-0.2, 0) is 0 Å². The van der Waals surface area contributed by atoms with Crippen LogP contribution < -0.4 is 5.46 Å². The van der Waals surface area contributed by atoms with E-state index in [9.17, 15) is 8.78 Å². The molecule has 0 saturated heterocycles. The molecule has 2 aromatic heterocycles. The van der Waals surface area contributed by atoms with Crippen LogP contribution >= 0.6 is 11.6 Å². The zero-order chi connectivity index (χ0) is 45.7. The second-order valence-corrected chi connectivity index (χ2v) is 14.9. The lowest BCUT2D eigenvalue weighted by molar-refractivity contribution is 0.423. The highest BCUT2D eigenvalue weighted by molar-refractivity contribution is 6.58. The van der Waals surface area contributed by atoms with Crippen LogP contribution in [-0.4, -0.2) is 47.1 Å². The Labute approximate surface area is 385 Å². The van der Waals surface area contributed by atoms with Crippen LogP contribution in [0.5, 0.6) is 0 Å². The lowest BCUT2D eigenvalue weighted by atomic mass is 9.80. The molecule has 0 atom stereocenters. The molecular formula is C54H38BClF2N6O2. The van der Waals surface area contributed by atoms with E-state index in [0.29, 0.717) is 34.7 Å². The number of benzene rings is 8. The third kappa shape index (κ3) is 11.3. The van der Waals surface area contributed by atoms with E-state index in [-0.39, 0.29) is 16.6 Å². The summed E-state index contributed by atoms with van der Waals surface area (Å²) >= 11 is 6.11. The molecular weight excluding hydrogens is 849 g/mol. The van der Waals surface area contributed by atoms with E-state index in [2.05, 4.69) is 66.3 Å². The van der Waals surface area contributed by atoms with Gasteiger partial charge in [0.1, 0.15) is 11.6 Å². The van der Waals surface area contributed by atoms with Crippen LogP contribution in [0.3, 0.4) is 0 Å². The van der Waals surface area contributed by atoms with Crippen molar-refractivity contribution in [2.24, 2.45) is 0 Å². The predicted molar refractivity (Wildman–Crippen MR) is 259 cm³/mol. The lowest BCUT2D eigenvalue weighted by Gasteiger charge is -2.09. The third-order valence-corrected chi connectivity index (χ3v) is 10.3. The van der Waals surface area contributed by atoms with Crippen LogP contribution in [0.15, 0.2) is 218 Å². The second-order valence-electron chi connectivity index (χ2n) is 14.6. The van der Waals surface area contributed by atoms with Gasteiger partial charge < -0.3 is 10.0 Å². The zero-order valence-corrected chi connectivity index (χ0v) is 35.8. The minimum absolute atomic E-state index is 0.0949. The summed E-state index contributed by atoms with van der Waals surface area (Å²) in [7, 11) is -1.72. The van der Waals surface area contributed by atoms with Gasteiger partial charge in [0.05, 0.1) is 5.56 Å². The molecule has 0 unspecified atom stereocenters. The number of halogens is 3. The van der Waals surface area contributed by atoms with Gasteiger partial charge in [-0.15, -0.1) is 0 Å². The Morgan fingerprint density at radius 3 is 0.970 bits per heavy atom. The fourth-order valence-electron chi connectivity index (χ4n) is 6.75. The van der Waals surface area contributed by atoms with Gasteiger partial charge in [-0.05, 0) is 52.1 Å². The maximum atomic E-state index is 14.5. The Balaban J connectivity index is 0.000000151. The first-order valence-corrected chi connectivity index (χ1v) is 21.1. The van der Waals surface area contributed by atoms with E-state index in [1.165, 1.54) is 35.9 Å². The van der Waals surface area contributed by atoms with Crippen LogP contribution in [0.1, 0.15) is 0 Å². The summed E-state index contributed by atoms with van der Waals surface area (Å²) in [4.78, 5) is 26.9. The summed E-state index contributed by atoms with van der Waals surface area (Å²) in [6.45, 7) is 0. The summed E-state index contributed by atoms with van der Waals surface area (Å²) in [6, 6.07) is 68.0. The van der Waals surface area contributed by atoms with Crippen LogP contribution in [0.25, 0.3) is 79.2 Å². The van der Waals surface area contributed by atoms with Crippen molar-refractivity contribution in [2.45, 2.75) is 0 Å². The molecule has 0 aliphatic heterocycles. The average molecular weight is 887 g/mol. The molecule has 0 aliphatic carbocycles. The summed E-state index contributed by atoms with van der Waals surface area (Å²) in [5, 5.41) is 17.2. The summed E-state index contributed by atoms with van der Waals surface area (Å²) < 4.78 is 27.0. The molecule has 0 bridgehead atoms. The Morgan fingerprint density at radius 2 is 0.591 bits per heavy atom. The quantitative estimate of drug-likeness (QED) is 0.145. The molecule has 0 spiro atoms. The van der Waals surface area contributed by atoms with Gasteiger partial charge in [-0.2, -0.15) is 9.97 Å². The summed E-state index contributed by atoms with van der Waals surface area (Å²) in [5.41, 5.74) is 8.33. The molecule has 0 radical (unpaired) electrons. The van der Waals surface area contributed by atoms with Gasteiger partial charge in [-0.3, -0.25) is 0 Å². The number of rotatable bonds is 8. The Morgan fingerprint density at radius 1 is 0.303 bits per heavy atom. The van der Waals surface area contributed by atoms with Gasteiger partial charge in [-0.1, -0.05) is 200 Å². The first-order valence-electron chi connectivity index (χ1n) is 20.7. The average Bonchev–Trinajstić information content (AvgIpc) is 3.38. The highest BCUT2D eigenvalue weighted by atomic mass is 35.5. The van der Waals surface area contributed by atoms with E-state index in [1.807, 2.05) is 133 Å². The number of hydrogen-bond acceptors (Lipinski definition) is 8. The van der Waals surface area contributed by atoms with E-state index in [4.69, 9.17) is 21.6 Å². The zero-order valence-electron chi connectivity index (χ0n) is 35.1. The normalized spacial score (nSPS) is 10.5. The van der Waals surface area contributed by atoms with Crippen molar-refractivity contribution >= 4 is 24.2 Å². The van der Waals surface area contributed by atoms with Crippen LogP contribution in [0, 0.1) is 11.6 Å². The maximum absolute atomic E-state index is 14.5. The molecule has 12 heteroatoms. The monoisotopic (exact) mass is 886 g/mol. The summed E-state index contributed by atoms with van der Waals surface area (Å²) in [6.07, 6.45) is 0. The molecule has 0 fully saturated rings. The highest BCUT2D eigenvalue weighted by Crippen LogP contribution is 2.29. The van der Waals surface area contributed by atoms with E-state index < -0.39 is 12.9 Å². The molecule has 0 aliphatic rings. The molecule has 10 aromatic rings. The van der Waals surface area contributed by atoms with Crippen molar-refractivity contribution in [3.8, 4) is 79.2 Å². The van der Waals surface area contributed by atoms with Gasteiger partial charge in [0, 0.05) is 27.7 Å². The molecule has 2 heterocycles. The van der Waals surface area contributed by atoms with Gasteiger partial charge >= 0.3 is 7.12 Å². The fraction of sp³-hybridized carbons (Fsp3) is 0. The van der Waals surface area contributed by atoms with Crippen molar-refractivity contribution in [1.29, 1.82) is 0 Å². The molecule has 10 rings (SSSR count). The predicted octanol–water partition coefficient (Wildman–Crippen LogP) is 11.7. The van der Waals surface area contributed by atoms with Crippen molar-refractivity contribution in [2.75, 3.05) is 0 Å². The Hall–Kier alpha value is -8.09. The number of aromatic nitrogens is 6. The topological polar surface area (TPSA) is 118 Å². The maximum Gasteiger partial charge on any atom is 0.491 e. The van der Waals surface area contributed by atoms with Gasteiger partial charge in [-0.25, -0.2) is 28.7 Å². The number of nitrogens with zero attached hydrogens (tertiary/aromatic N) is 6. The van der Waals surface area contributed by atoms with E-state index in [0.717, 1.165) is 38.9 Å². The Kier molecular flexibility index (Phi) is 14.5. The molecule has 2 N–H and O–H groups in total. The van der Waals surface area contributed by atoms with Crippen LogP contribution in [0.4, 0.5) is 8.78 Å². The van der Waals surface area contributed by atoms with Crippen molar-refractivity contribution < 1.29 is 18.8 Å². The highest BCUT2D eigenvalue weighted by Gasteiger charge is 2.16. The summed E-state index contributed by atoms with van der Waals surface area (Å²) in [5.74, 6) is 1.51. The smallest absolute Gasteiger partial charge is 0.423 e. The first kappa shape index (κ1) is 44.5. The molecule has 66 heavy (non-hydrogen) atoms. The second kappa shape index (κ2) is 21.5. The van der Waals surface area contributed by atoms with Gasteiger partial charge in [0.2, 0.25) is 5.28 Å². The van der Waals surface area contributed by atoms with Gasteiger partial charge in [0.15, 0.2) is 29.1 Å². The Bertz CT molecular complexity index is 3140. The fourth-order valence-corrected chi connectivity index (χ4v) is 6.91. The SMILES string of the molecule is Clc1nc(-c2ccccc2)nc(-c2ccc(-c3ccccc3)cc2)n1.Fc1ccccc1-c1nc(-c2ccccc2)nc(-c2ccc(-c3ccccc3)cc2)n1.OB(O)c1ccccc1F. The minimum Gasteiger partial charge on any atom is -0.423 e. The molecule has 8 nitrogen and oxygen atoms in total. The van der Waals surface area contributed by atoms with E-state index in [1.54, 1.807) is 18.2 Å². The van der Waals surface area contributed by atoms with Crippen molar-refractivity contribution in [3.63, 3.8) is 0 Å². The molecule has 0 amide bonds. The van der Waals surface area contributed by atoms with Gasteiger partial charge in [0.25, 0.3) is 0 Å².